The number of hydrogen-bond acceptors (Lipinski definition) is 2. The smallest absolute Gasteiger partial charge is 0.253 e. The van der Waals surface area contributed by atoms with Gasteiger partial charge in [0.05, 0.1) is 5.56 Å². The van der Waals surface area contributed by atoms with Gasteiger partial charge in [-0.2, -0.15) is 0 Å². The molecule has 1 aromatic rings. The number of rotatable bonds is 2. The van der Waals surface area contributed by atoms with Gasteiger partial charge in [-0.3, -0.25) is 9.78 Å². The van der Waals surface area contributed by atoms with Crippen LogP contribution in [0.25, 0.3) is 0 Å². The van der Waals surface area contributed by atoms with Crippen LogP contribution >= 0.6 is 0 Å². The van der Waals surface area contributed by atoms with Gasteiger partial charge in [0.15, 0.2) is 0 Å². The Kier molecular flexibility index (Phi) is 2.42. The number of amides is 1. The molecule has 0 unspecified atom stereocenters. The lowest BCUT2D eigenvalue weighted by atomic mass is 9.54. The summed E-state index contributed by atoms with van der Waals surface area (Å²) < 4.78 is 0. The van der Waals surface area contributed by atoms with Crippen LogP contribution in [0, 0.1) is 12.3 Å². The molecule has 3 nitrogen and oxygen atoms in total. The van der Waals surface area contributed by atoms with Crippen LogP contribution in [0.1, 0.15) is 48.2 Å². The molecule has 2 aliphatic rings. The molecule has 0 saturated heterocycles. The third-order valence-electron chi connectivity index (χ3n) is 4.36. The molecule has 0 radical (unpaired) electrons. The van der Waals surface area contributed by atoms with Crippen LogP contribution in [0.3, 0.4) is 0 Å². The Morgan fingerprint density at radius 3 is 2.82 bits per heavy atom. The zero-order chi connectivity index (χ0) is 11.9. The minimum Gasteiger partial charge on any atom is -0.349 e. The van der Waals surface area contributed by atoms with Gasteiger partial charge in [0, 0.05) is 17.9 Å². The van der Waals surface area contributed by atoms with Crippen LogP contribution in [0.4, 0.5) is 0 Å². The van der Waals surface area contributed by atoms with Crippen molar-refractivity contribution in [2.75, 3.05) is 0 Å². The molecule has 0 aliphatic heterocycles. The summed E-state index contributed by atoms with van der Waals surface area (Å²) in [5.74, 6) is 0.0368. The highest BCUT2D eigenvalue weighted by atomic mass is 16.1. The monoisotopic (exact) mass is 230 g/mol. The highest BCUT2D eigenvalue weighted by molar-refractivity contribution is 5.95. The first-order chi connectivity index (χ1) is 8.19. The number of pyridine rings is 1. The normalized spacial score (nSPS) is 21.7. The Hall–Kier alpha value is -1.38. The number of aryl methyl sites for hydroxylation is 1. The maximum Gasteiger partial charge on any atom is 0.253 e. The van der Waals surface area contributed by atoms with E-state index in [0.717, 1.165) is 5.69 Å². The van der Waals surface area contributed by atoms with Crippen molar-refractivity contribution in [3.8, 4) is 0 Å². The second-order valence-electron chi connectivity index (χ2n) is 5.57. The molecule has 3 rings (SSSR count). The summed E-state index contributed by atoms with van der Waals surface area (Å²) >= 11 is 0. The molecule has 1 aromatic heterocycles. The highest BCUT2D eigenvalue weighted by Crippen LogP contribution is 2.55. The molecule has 1 spiro atoms. The molecule has 0 aromatic carbocycles. The van der Waals surface area contributed by atoms with E-state index in [-0.39, 0.29) is 5.91 Å². The summed E-state index contributed by atoms with van der Waals surface area (Å²) in [5, 5.41) is 3.12. The lowest BCUT2D eigenvalue weighted by molar-refractivity contribution is -0.000636. The van der Waals surface area contributed by atoms with E-state index in [2.05, 4.69) is 10.3 Å². The second kappa shape index (κ2) is 3.83. The van der Waals surface area contributed by atoms with E-state index in [1.54, 1.807) is 6.20 Å². The zero-order valence-corrected chi connectivity index (χ0v) is 10.2. The maximum absolute atomic E-state index is 12.0. The molecule has 2 aliphatic carbocycles. The first-order valence-electron chi connectivity index (χ1n) is 6.41. The molecule has 17 heavy (non-hydrogen) atoms. The Morgan fingerprint density at radius 1 is 1.47 bits per heavy atom. The SMILES string of the molecule is Cc1ncccc1C(=O)NC1CC2(CCC2)C1. The molecular formula is C14H18N2O. The molecule has 1 heterocycles. The lowest BCUT2D eigenvalue weighted by Gasteiger charge is -2.54. The van der Waals surface area contributed by atoms with Crippen molar-refractivity contribution < 1.29 is 4.79 Å². The van der Waals surface area contributed by atoms with E-state index in [1.807, 2.05) is 19.1 Å². The number of carbonyl (C=O) groups is 1. The van der Waals surface area contributed by atoms with E-state index in [4.69, 9.17) is 0 Å². The van der Waals surface area contributed by atoms with Crippen molar-refractivity contribution in [3.63, 3.8) is 0 Å². The highest BCUT2D eigenvalue weighted by Gasteiger charge is 2.48. The van der Waals surface area contributed by atoms with Gasteiger partial charge in [-0.1, -0.05) is 6.42 Å². The average molecular weight is 230 g/mol. The fourth-order valence-corrected chi connectivity index (χ4v) is 3.16. The van der Waals surface area contributed by atoms with Crippen LogP contribution in [0.5, 0.6) is 0 Å². The summed E-state index contributed by atoms with van der Waals surface area (Å²) in [6, 6.07) is 4.05. The molecule has 2 fully saturated rings. The third kappa shape index (κ3) is 1.84. The van der Waals surface area contributed by atoms with Crippen LogP contribution in [-0.4, -0.2) is 16.9 Å². The van der Waals surface area contributed by atoms with E-state index in [9.17, 15) is 4.79 Å². The maximum atomic E-state index is 12.0. The Balaban J connectivity index is 1.59. The Labute approximate surface area is 102 Å². The van der Waals surface area contributed by atoms with Crippen LogP contribution in [0.2, 0.25) is 0 Å². The Bertz CT molecular complexity index is 443. The molecule has 1 amide bonds. The standard InChI is InChI=1S/C14H18N2O/c1-10-12(4-2-7-15-10)13(17)16-11-8-14(9-11)5-3-6-14/h2,4,7,11H,3,5-6,8-9H2,1H3,(H,16,17). The summed E-state index contributed by atoms with van der Waals surface area (Å²) in [4.78, 5) is 16.2. The first-order valence-corrected chi connectivity index (χ1v) is 6.41. The van der Waals surface area contributed by atoms with E-state index < -0.39 is 0 Å². The van der Waals surface area contributed by atoms with Crippen molar-refractivity contribution in [1.82, 2.24) is 10.3 Å². The quantitative estimate of drug-likeness (QED) is 0.848. The number of aromatic nitrogens is 1. The number of hydrogen-bond donors (Lipinski definition) is 1. The molecule has 90 valence electrons. The number of nitrogens with zero attached hydrogens (tertiary/aromatic N) is 1. The number of carbonyl (C=O) groups excluding carboxylic acids is 1. The predicted molar refractivity (Wildman–Crippen MR) is 65.7 cm³/mol. The topological polar surface area (TPSA) is 42.0 Å². The van der Waals surface area contributed by atoms with Crippen molar-refractivity contribution in [2.45, 2.75) is 45.1 Å². The Morgan fingerprint density at radius 2 is 2.24 bits per heavy atom. The van der Waals surface area contributed by atoms with Crippen molar-refractivity contribution in [3.05, 3.63) is 29.6 Å². The average Bonchev–Trinajstić information content (AvgIpc) is 2.20. The zero-order valence-electron chi connectivity index (χ0n) is 10.2. The van der Waals surface area contributed by atoms with Crippen molar-refractivity contribution in [2.24, 2.45) is 5.41 Å². The largest absolute Gasteiger partial charge is 0.349 e. The summed E-state index contributed by atoms with van der Waals surface area (Å²) in [6.45, 7) is 1.88. The van der Waals surface area contributed by atoms with E-state index in [1.165, 1.54) is 32.1 Å². The van der Waals surface area contributed by atoms with Gasteiger partial charge < -0.3 is 5.32 Å². The number of nitrogens with one attached hydrogen (secondary N) is 1. The van der Waals surface area contributed by atoms with Gasteiger partial charge in [0.2, 0.25) is 0 Å². The van der Waals surface area contributed by atoms with Gasteiger partial charge in [-0.15, -0.1) is 0 Å². The fraction of sp³-hybridized carbons (Fsp3) is 0.571. The predicted octanol–water partition coefficient (Wildman–Crippen LogP) is 2.45. The van der Waals surface area contributed by atoms with Crippen LogP contribution < -0.4 is 5.32 Å². The van der Waals surface area contributed by atoms with Crippen LogP contribution in [-0.2, 0) is 0 Å². The minimum absolute atomic E-state index is 0.0368. The lowest BCUT2D eigenvalue weighted by Crippen LogP contribution is -2.53. The van der Waals surface area contributed by atoms with Gasteiger partial charge in [0.25, 0.3) is 5.91 Å². The molecule has 0 bridgehead atoms. The molecule has 3 heteroatoms. The van der Waals surface area contributed by atoms with Gasteiger partial charge >= 0.3 is 0 Å². The summed E-state index contributed by atoms with van der Waals surface area (Å²) in [7, 11) is 0. The fourth-order valence-electron chi connectivity index (χ4n) is 3.16. The first kappa shape index (κ1) is 10.8. The second-order valence-corrected chi connectivity index (χ2v) is 5.57. The van der Waals surface area contributed by atoms with Crippen molar-refractivity contribution >= 4 is 5.91 Å². The van der Waals surface area contributed by atoms with Gasteiger partial charge in [0.1, 0.15) is 0 Å². The molecular weight excluding hydrogens is 212 g/mol. The summed E-state index contributed by atoms with van der Waals surface area (Å²) in [6.07, 6.45) is 8.19. The minimum atomic E-state index is 0.0368. The van der Waals surface area contributed by atoms with Crippen LogP contribution in [0.15, 0.2) is 18.3 Å². The third-order valence-corrected chi connectivity index (χ3v) is 4.36. The summed E-state index contributed by atoms with van der Waals surface area (Å²) in [5.41, 5.74) is 2.13. The van der Waals surface area contributed by atoms with Crippen molar-refractivity contribution in [1.29, 1.82) is 0 Å². The van der Waals surface area contributed by atoms with Gasteiger partial charge in [-0.05, 0) is 50.2 Å². The molecule has 2 saturated carbocycles. The van der Waals surface area contributed by atoms with E-state index >= 15 is 0 Å². The van der Waals surface area contributed by atoms with E-state index in [0.29, 0.717) is 17.0 Å². The molecule has 0 atom stereocenters. The molecule has 1 N–H and O–H groups in total. The van der Waals surface area contributed by atoms with Gasteiger partial charge in [-0.25, -0.2) is 0 Å².